The lowest BCUT2D eigenvalue weighted by atomic mass is 10.0. The largest absolute Gasteiger partial charge is 0.490 e. The summed E-state index contributed by atoms with van der Waals surface area (Å²) in [6.07, 6.45) is 1.59. The third kappa shape index (κ3) is 6.71. The highest BCUT2D eigenvalue weighted by molar-refractivity contribution is 5.94. The number of rotatable bonds is 9. The van der Waals surface area contributed by atoms with Gasteiger partial charge in [0.15, 0.2) is 0 Å². The van der Waals surface area contributed by atoms with Crippen molar-refractivity contribution in [1.82, 2.24) is 5.43 Å². The first-order chi connectivity index (χ1) is 15.0. The summed E-state index contributed by atoms with van der Waals surface area (Å²) < 4.78 is 11.8. The van der Waals surface area contributed by atoms with E-state index in [-0.39, 0.29) is 5.91 Å². The molecule has 160 valence electrons. The van der Waals surface area contributed by atoms with Crippen LogP contribution < -0.4 is 14.9 Å². The number of hydrogen-bond donors (Lipinski definition) is 1. The van der Waals surface area contributed by atoms with E-state index >= 15 is 0 Å². The summed E-state index contributed by atoms with van der Waals surface area (Å²) in [6, 6.07) is 22.8. The minimum Gasteiger partial charge on any atom is -0.490 e. The highest BCUT2D eigenvalue weighted by Gasteiger charge is 2.08. The Kier molecular flexibility index (Phi) is 7.82. The number of hydrogen-bond acceptors (Lipinski definition) is 4. The Morgan fingerprint density at radius 2 is 1.74 bits per heavy atom. The van der Waals surface area contributed by atoms with E-state index in [0.717, 1.165) is 17.1 Å². The van der Waals surface area contributed by atoms with Crippen LogP contribution in [0.15, 0.2) is 77.9 Å². The predicted molar refractivity (Wildman–Crippen MR) is 124 cm³/mol. The zero-order chi connectivity index (χ0) is 22.1. The van der Waals surface area contributed by atoms with Gasteiger partial charge in [-0.1, -0.05) is 56.3 Å². The van der Waals surface area contributed by atoms with Gasteiger partial charge in [0.2, 0.25) is 0 Å². The van der Waals surface area contributed by atoms with Crippen molar-refractivity contribution in [3.8, 4) is 11.5 Å². The van der Waals surface area contributed by atoms with Gasteiger partial charge >= 0.3 is 0 Å². The van der Waals surface area contributed by atoms with Gasteiger partial charge in [0.05, 0.1) is 6.21 Å². The summed E-state index contributed by atoms with van der Waals surface area (Å²) in [5, 5.41) is 4.02. The monoisotopic (exact) mass is 416 g/mol. The molecule has 0 saturated carbocycles. The second kappa shape index (κ2) is 11.0. The lowest BCUT2D eigenvalue weighted by Crippen LogP contribution is -2.17. The van der Waals surface area contributed by atoms with Gasteiger partial charge in [-0.25, -0.2) is 5.43 Å². The number of amides is 1. The molecule has 0 fully saturated rings. The van der Waals surface area contributed by atoms with Gasteiger partial charge in [0, 0.05) is 5.56 Å². The molecule has 0 aliphatic carbocycles. The Labute approximate surface area is 183 Å². The van der Waals surface area contributed by atoms with E-state index in [1.165, 1.54) is 11.1 Å². The first-order valence-electron chi connectivity index (χ1n) is 10.4. The van der Waals surface area contributed by atoms with E-state index in [4.69, 9.17) is 9.47 Å². The molecule has 3 rings (SSSR count). The molecule has 0 aliphatic heterocycles. The van der Waals surface area contributed by atoms with Crippen LogP contribution in [0.3, 0.4) is 0 Å². The van der Waals surface area contributed by atoms with Crippen LogP contribution in [0.25, 0.3) is 0 Å². The first kappa shape index (κ1) is 22.1. The van der Waals surface area contributed by atoms with Gasteiger partial charge in [0.25, 0.3) is 5.91 Å². The molecule has 0 bridgehead atoms. The van der Waals surface area contributed by atoms with Gasteiger partial charge in [-0.05, 0) is 59.9 Å². The average molecular weight is 417 g/mol. The van der Waals surface area contributed by atoms with Crippen molar-refractivity contribution < 1.29 is 14.3 Å². The van der Waals surface area contributed by atoms with Crippen LogP contribution >= 0.6 is 0 Å². The average Bonchev–Trinajstić information content (AvgIpc) is 2.77. The van der Waals surface area contributed by atoms with Crippen LogP contribution in [-0.2, 0) is 0 Å². The normalized spacial score (nSPS) is 11.0. The molecule has 31 heavy (non-hydrogen) atoms. The van der Waals surface area contributed by atoms with E-state index in [1.807, 2.05) is 42.5 Å². The maximum absolute atomic E-state index is 12.0. The van der Waals surface area contributed by atoms with Crippen molar-refractivity contribution in [3.05, 3.63) is 95.1 Å². The minimum absolute atomic E-state index is 0.252. The maximum Gasteiger partial charge on any atom is 0.271 e. The maximum atomic E-state index is 12.0. The van der Waals surface area contributed by atoms with E-state index in [0.29, 0.717) is 24.7 Å². The number of carbonyl (C=O) groups excluding carboxylic acids is 1. The molecule has 1 N–H and O–H groups in total. The van der Waals surface area contributed by atoms with Crippen molar-refractivity contribution in [2.75, 3.05) is 13.2 Å². The molecule has 0 aliphatic rings. The lowest BCUT2D eigenvalue weighted by molar-refractivity contribution is 0.0955. The summed E-state index contributed by atoms with van der Waals surface area (Å²) >= 11 is 0. The molecular formula is C26H28N2O3. The summed E-state index contributed by atoms with van der Waals surface area (Å²) in [7, 11) is 0. The van der Waals surface area contributed by atoms with Gasteiger partial charge < -0.3 is 9.47 Å². The van der Waals surface area contributed by atoms with Crippen molar-refractivity contribution in [3.63, 3.8) is 0 Å². The summed E-state index contributed by atoms with van der Waals surface area (Å²) in [6.45, 7) is 7.25. The lowest BCUT2D eigenvalue weighted by Gasteiger charge is -2.15. The molecule has 5 heteroatoms. The smallest absolute Gasteiger partial charge is 0.271 e. The quantitative estimate of drug-likeness (QED) is 0.291. The molecule has 0 atom stereocenters. The molecular weight excluding hydrogens is 388 g/mol. The number of nitrogens with zero attached hydrogens (tertiary/aromatic N) is 1. The van der Waals surface area contributed by atoms with Gasteiger partial charge in [-0.3, -0.25) is 4.79 Å². The van der Waals surface area contributed by atoms with Crippen molar-refractivity contribution in [1.29, 1.82) is 0 Å². The Balaban J connectivity index is 1.50. The van der Waals surface area contributed by atoms with Crippen LogP contribution in [0.1, 0.15) is 46.8 Å². The number of aryl methyl sites for hydroxylation is 1. The van der Waals surface area contributed by atoms with Crippen LogP contribution in [-0.4, -0.2) is 25.3 Å². The molecule has 0 unspecified atom stereocenters. The predicted octanol–water partition coefficient (Wildman–Crippen LogP) is 5.34. The molecule has 3 aromatic carbocycles. The molecule has 3 aromatic rings. The SMILES string of the molecule is Cc1ccc(C(C)C)c(OCCOc2cccc(/C=N\NC(=O)c3ccccc3)c2)c1. The van der Waals surface area contributed by atoms with Crippen LogP contribution in [0, 0.1) is 6.92 Å². The van der Waals surface area contributed by atoms with Crippen molar-refractivity contribution >= 4 is 12.1 Å². The number of hydrazone groups is 1. The van der Waals surface area contributed by atoms with Gasteiger partial charge in [0.1, 0.15) is 24.7 Å². The first-order valence-corrected chi connectivity index (χ1v) is 10.4. The summed E-state index contributed by atoms with van der Waals surface area (Å²) in [5.41, 5.74) is 6.28. The highest BCUT2D eigenvalue weighted by Crippen LogP contribution is 2.27. The van der Waals surface area contributed by atoms with Crippen molar-refractivity contribution in [2.45, 2.75) is 26.7 Å². The topological polar surface area (TPSA) is 59.9 Å². The minimum atomic E-state index is -0.252. The van der Waals surface area contributed by atoms with Gasteiger partial charge in [-0.15, -0.1) is 0 Å². The fourth-order valence-corrected chi connectivity index (χ4v) is 3.06. The Hall–Kier alpha value is -3.60. The second-order valence-corrected chi connectivity index (χ2v) is 7.53. The van der Waals surface area contributed by atoms with Crippen molar-refractivity contribution in [2.24, 2.45) is 5.10 Å². The number of carbonyl (C=O) groups is 1. The zero-order valence-corrected chi connectivity index (χ0v) is 18.2. The molecule has 0 radical (unpaired) electrons. The molecule has 0 saturated heterocycles. The van der Waals surface area contributed by atoms with Crippen LogP contribution in [0.2, 0.25) is 0 Å². The van der Waals surface area contributed by atoms with Gasteiger partial charge in [-0.2, -0.15) is 5.10 Å². The Bertz CT molecular complexity index is 1030. The zero-order valence-electron chi connectivity index (χ0n) is 18.2. The van der Waals surface area contributed by atoms with E-state index in [9.17, 15) is 4.79 Å². The van der Waals surface area contributed by atoms with Crippen LogP contribution in [0.4, 0.5) is 0 Å². The standard InChI is InChI=1S/C26H28N2O3/c1-19(2)24-13-12-20(3)16-25(24)31-15-14-30-23-11-7-8-21(17-23)18-27-28-26(29)22-9-5-4-6-10-22/h4-13,16-19H,14-15H2,1-3H3,(H,28,29)/b27-18-. The van der Waals surface area contributed by atoms with E-state index < -0.39 is 0 Å². The number of ether oxygens (including phenoxy) is 2. The fourth-order valence-electron chi connectivity index (χ4n) is 3.06. The third-order valence-corrected chi connectivity index (χ3v) is 4.67. The number of benzene rings is 3. The molecule has 0 aromatic heterocycles. The fraction of sp³-hybridized carbons (Fsp3) is 0.231. The molecule has 0 heterocycles. The van der Waals surface area contributed by atoms with Crippen LogP contribution in [0.5, 0.6) is 11.5 Å². The summed E-state index contributed by atoms with van der Waals surface area (Å²) in [5.74, 6) is 1.78. The second-order valence-electron chi connectivity index (χ2n) is 7.53. The third-order valence-electron chi connectivity index (χ3n) is 4.67. The Morgan fingerprint density at radius 3 is 2.52 bits per heavy atom. The molecule has 0 spiro atoms. The van der Waals surface area contributed by atoms with E-state index in [1.54, 1.807) is 18.3 Å². The van der Waals surface area contributed by atoms with E-state index in [2.05, 4.69) is 49.5 Å². The number of nitrogens with one attached hydrogen (secondary N) is 1. The molecule has 1 amide bonds. The molecule has 5 nitrogen and oxygen atoms in total. The highest BCUT2D eigenvalue weighted by atomic mass is 16.5. The summed E-state index contributed by atoms with van der Waals surface area (Å²) in [4.78, 5) is 12.0. The Morgan fingerprint density at radius 1 is 0.968 bits per heavy atom.